The van der Waals surface area contributed by atoms with Crippen molar-refractivity contribution in [2.24, 2.45) is 17.4 Å². The van der Waals surface area contributed by atoms with Crippen molar-refractivity contribution in [2.75, 3.05) is 18.6 Å². The van der Waals surface area contributed by atoms with Crippen molar-refractivity contribution in [1.29, 1.82) is 0 Å². The number of rotatable bonds is 14. The number of hydrogen-bond acceptors (Lipinski definition) is 7. The van der Waals surface area contributed by atoms with Crippen LogP contribution in [-0.2, 0) is 24.0 Å². The third kappa shape index (κ3) is 8.84. The van der Waals surface area contributed by atoms with Crippen LogP contribution in [0.3, 0.4) is 0 Å². The Bertz CT molecular complexity index is 721. The molecule has 1 aliphatic rings. The molecule has 0 aromatic carbocycles. The predicted molar refractivity (Wildman–Crippen MR) is 125 cm³/mol. The summed E-state index contributed by atoms with van der Waals surface area (Å²) in [6.07, 6.45) is 3.58. The van der Waals surface area contributed by atoms with Crippen LogP contribution in [0.5, 0.6) is 0 Å². The van der Waals surface area contributed by atoms with E-state index in [-0.39, 0.29) is 18.8 Å². The van der Waals surface area contributed by atoms with Gasteiger partial charge in [-0.15, -0.1) is 0 Å². The van der Waals surface area contributed by atoms with Crippen LogP contribution in [0.1, 0.15) is 52.4 Å². The Morgan fingerprint density at radius 1 is 1.15 bits per heavy atom. The van der Waals surface area contributed by atoms with Gasteiger partial charge in [-0.2, -0.15) is 11.8 Å². The lowest BCUT2D eigenvalue weighted by Gasteiger charge is -2.31. The Morgan fingerprint density at radius 3 is 2.36 bits per heavy atom. The summed E-state index contributed by atoms with van der Waals surface area (Å²) in [5, 5.41) is 14.7. The number of aliphatic carboxylic acids is 1. The minimum absolute atomic E-state index is 0.0506. The van der Waals surface area contributed by atoms with Crippen LogP contribution < -0.4 is 22.1 Å². The molecule has 0 radical (unpaired) electrons. The number of carbonyl (C=O) groups is 5. The molecule has 33 heavy (non-hydrogen) atoms. The van der Waals surface area contributed by atoms with Crippen LogP contribution in [0.25, 0.3) is 0 Å². The Labute approximate surface area is 198 Å². The molecule has 5 unspecified atom stereocenters. The lowest BCUT2D eigenvalue weighted by molar-refractivity contribution is -0.150. The summed E-state index contributed by atoms with van der Waals surface area (Å²) in [6.45, 7) is 3.93. The first-order valence-electron chi connectivity index (χ1n) is 11.2. The summed E-state index contributed by atoms with van der Waals surface area (Å²) >= 11 is 1.53. The number of likely N-dealkylation sites (tertiary alicyclic amines) is 1. The number of nitrogens with one attached hydrogen (secondary N) is 2. The Morgan fingerprint density at radius 2 is 1.82 bits per heavy atom. The fraction of sp³-hybridized carbons (Fsp3) is 0.762. The lowest BCUT2D eigenvalue weighted by atomic mass is 9.96. The average molecular weight is 488 g/mol. The monoisotopic (exact) mass is 487 g/mol. The van der Waals surface area contributed by atoms with E-state index in [9.17, 15) is 29.1 Å². The maximum Gasteiger partial charge on any atom is 0.326 e. The molecule has 0 bridgehead atoms. The third-order valence-electron chi connectivity index (χ3n) is 5.88. The van der Waals surface area contributed by atoms with E-state index in [1.165, 1.54) is 16.7 Å². The molecule has 12 heteroatoms. The van der Waals surface area contributed by atoms with E-state index in [0.717, 1.165) is 0 Å². The van der Waals surface area contributed by atoms with Crippen LogP contribution in [0.15, 0.2) is 0 Å². The second-order valence-electron chi connectivity index (χ2n) is 8.35. The zero-order valence-electron chi connectivity index (χ0n) is 19.5. The molecular weight excluding hydrogens is 450 g/mol. The van der Waals surface area contributed by atoms with Gasteiger partial charge in [0.25, 0.3) is 0 Å². The van der Waals surface area contributed by atoms with Crippen molar-refractivity contribution in [3.05, 3.63) is 0 Å². The Balaban J connectivity index is 3.01. The maximum absolute atomic E-state index is 13.2. The molecule has 11 nitrogen and oxygen atoms in total. The summed E-state index contributed by atoms with van der Waals surface area (Å²) in [6, 6.07) is -3.84. The van der Waals surface area contributed by atoms with Gasteiger partial charge in [-0.25, -0.2) is 4.79 Å². The average Bonchev–Trinajstić information content (AvgIpc) is 3.27. The molecule has 5 atom stereocenters. The topological polar surface area (TPSA) is 185 Å². The number of carboxylic acid groups (broad SMARTS) is 1. The first-order valence-corrected chi connectivity index (χ1v) is 12.6. The fourth-order valence-electron chi connectivity index (χ4n) is 3.61. The van der Waals surface area contributed by atoms with Gasteiger partial charge in [0.1, 0.15) is 18.1 Å². The Hall–Kier alpha value is -2.34. The van der Waals surface area contributed by atoms with Gasteiger partial charge in [-0.3, -0.25) is 19.2 Å². The highest BCUT2D eigenvalue weighted by atomic mass is 32.2. The standard InChI is InChI=1S/C21H37N5O6S/c1-4-12(2)17(20(30)26-10-5-6-15(26)21(31)32)25-19(29)14(7-8-16(23)27)24-18(28)13(22)9-11-33-3/h12-15,17H,4-11,22H2,1-3H3,(H2,23,27)(H,24,28)(H,25,29)(H,31,32). The number of carbonyl (C=O) groups excluding carboxylic acids is 4. The molecule has 1 rings (SSSR count). The number of nitrogens with zero attached hydrogens (tertiary/aromatic N) is 1. The maximum atomic E-state index is 13.2. The van der Waals surface area contributed by atoms with Crippen molar-refractivity contribution in [3.63, 3.8) is 0 Å². The molecule has 0 aromatic rings. The number of carboxylic acids is 1. The molecule has 7 N–H and O–H groups in total. The van der Waals surface area contributed by atoms with Gasteiger partial charge in [0.2, 0.25) is 23.6 Å². The van der Waals surface area contributed by atoms with Crippen molar-refractivity contribution >= 4 is 41.4 Å². The van der Waals surface area contributed by atoms with Gasteiger partial charge in [-0.1, -0.05) is 20.3 Å². The van der Waals surface area contributed by atoms with E-state index in [1.54, 1.807) is 6.92 Å². The van der Waals surface area contributed by atoms with Gasteiger partial charge in [0, 0.05) is 13.0 Å². The molecule has 0 aromatic heterocycles. The molecule has 1 fully saturated rings. The molecule has 0 spiro atoms. The highest BCUT2D eigenvalue weighted by molar-refractivity contribution is 7.98. The quantitative estimate of drug-likeness (QED) is 0.215. The summed E-state index contributed by atoms with van der Waals surface area (Å²) in [5.41, 5.74) is 11.1. The van der Waals surface area contributed by atoms with Crippen LogP contribution in [0.2, 0.25) is 0 Å². The van der Waals surface area contributed by atoms with Gasteiger partial charge >= 0.3 is 5.97 Å². The van der Waals surface area contributed by atoms with E-state index in [1.807, 2.05) is 13.2 Å². The van der Waals surface area contributed by atoms with Crippen molar-refractivity contribution in [2.45, 2.75) is 76.5 Å². The first kappa shape index (κ1) is 28.7. The minimum atomic E-state index is -1.11. The van der Waals surface area contributed by atoms with E-state index in [0.29, 0.717) is 38.0 Å². The van der Waals surface area contributed by atoms with Crippen molar-refractivity contribution < 1.29 is 29.1 Å². The molecule has 1 heterocycles. The van der Waals surface area contributed by atoms with Gasteiger partial charge in [0.05, 0.1) is 6.04 Å². The van der Waals surface area contributed by atoms with E-state index in [4.69, 9.17) is 11.5 Å². The summed E-state index contributed by atoms with van der Waals surface area (Å²) < 4.78 is 0. The summed E-state index contributed by atoms with van der Waals surface area (Å²) in [5.74, 6) is -2.99. The fourth-order valence-corrected chi connectivity index (χ4v) is 4.10. The number of hydrogen-bond donors (Lipinski definition) is 5. The number of primary amides is 1. The van der Waals surface area contributed by atoms with Crippen LogP contribution in [-0.4, -0.2) is 82.3 Å². The van der Waals surface area contributed by atoms with E-state index in [2.05, 4.69) is 10.6 Å². The smallest absolute Gasteiger partial charge is 0.326 e. The predicted octanol–water partition coefficient (Wildman–Crippen LogP) is -0.576. The second kappa shape index (κ2) is 14.0. The van der Waals surface area contributed by atoms with Gasteiger partial charge in [-0.05, 0) is 43.6 Å². The SMILES string of the molecule is CCC(C)C(NC(=O)C(CCC(N)=O)NC(=O)C(N)CCSC)C(=O)N1CCCC1C(=O)O. The zero-order valence-corrected chi connectivity index (χ0v) is 20.4. The second-order valence-corrected chi connectivity index (χ2v) is 9.34. The lowest BCUT2D eigenvalue weighted by Crippen LogP contribution is -2.58. The molecule has 1 aliphatic heterocycles. The van der Waals surface area contributed by atoms with Crippen LogP contribution in [0.4, 0.5) is 0 Å². The first-order chi connectivity index (χ1) is 15.5. The highest BCUT2D eigenvalue weighted by Gasteiger charge is 2.40. The zero-order chi connectivity index (χ0) is 25.1. The minimum Gasteiger partial charge on any atom is -0.480 e. The number of thioether (sulfide) groups is 1. The van der Waals surface area contributed by atoms with Crippen LogP contribution >= 0.6 is 11.8 Å². The van der Waals surface area contributed by atoms with Crippen LogP contribution in [0, 0.1) is 5.92 Å². The number of amides is 4. The molecule has 4 amide bonds. The Kier molecular flexibility index (Phi) is 12.2. The van der Waals surface area contributed by atoms with Crippen molar-refractivity contribution in [1.82, 2.24) is 15.5 Å². The molecule has 188 valence electrons. The molecule has 1 saturated heterocycles. The number of nitrogens with two attached hydrogens (primary N) is 2. The summed E-state index contributed by atoms with van der Waals surface area (Å²) in [4.78, 5) is 62.8. The van der Waals surface area contributed by atoms with E-state index < -0.39 is 53.8 Å². The molecule has 0 aliphatic carbocycles. The highest BCUT2D eigenvalue weighted by Crippen LogP contribution is 2.21. The van der Waals surface area contributed by atoms with Crippen molar-refractivity contribution in [3.8, 4) is 0 Å². The molecule has 0 saturated carbocycles. The molecular formula is C21H37N5O6S. The largest absolute Gasteiger partial charge is 0.480 e. The normalized spacial score (nSPS) is 19.3. The van der Waals surface area contributed by atoms with Gasteiger partial charge < -0.3 is 32.1 Å². The van der Waals surface area contributed by atoms with Gasteiger partial charge in [0.15, 0.2) is 0 Å². The van der Waals surface area contributed by atoms with E-state index >= 15 is 0 Å². The third-order valence-corrected chi connectivity index (χ3v) is 6.52. The summed E-state index contributed by atoms with van der Waals surface area (Å²) in [7, 11) is 0.